The van der Waals surface area contributed by atoms with Crippen LogP contribution in [-0.2, 0) is 25.7 Å². The van der Waals surface area contributed by atoms with E-state index in [1.165, 1.54) is 0 Å². The Morgan fingerprint density at radius 3 is 2.41 bits per heavy atom. The van der Waals surface area contributed by atoms with E-state index in [4.69, 9.17) is 4.74 Å². The number of likely N-dealkylation sites (tertiary alicyclic amines) is 1. The molecule has 224 valence electrons. The average Bonchev–Trinajstić information content (AvgIpc) is 3.59. The Balaban J connectivity index is 1.76. The van der Waals surface area contributed by atoms with Gasteiger partial charge in [-0.05, 0) is 37.7 Å². The van der Waals surface area contributed by atoms with Gasteiger partial charge in [0.15, 0.2) is 0 Å². The molecule has 2 bridgehead atoms. The van der Waals surface area contributed by atoms with E-state index in [-0.39, 0.29) is 36.3 Å². The molecule has 8 nitrogen and oxygen atoms in total. The van der Waals surface area contributed by atoms with Crippen molar-refractivity contribution < 1.29 is 24.2 Å². The van der Waals surface area contributed by atoms with Crippen LogP contribution in [-0.4, -0.2) is 87.1 Å². The lowest BCUT2D eigenvalue weighted by Crippen LogP contribution is -2.60. The van der Waals surface area contributed by atoms with E-state index in [9.17, 15) is 19.5 Å². The Bertz CT molecular complexity index is 1120. The maximum Gasteiger partial charge on any atom is 0.248 e. The van der Waals surface area contributed by atoms with Gasteiger partial charge >= 0.3 is 0 Å². The summed E-state index contributed by atoms with van der Waals surface area (Å²) in [6, 6.07) is 8.20. The third-order valence-electron chi connectivity index (χ3n) is 9.30. The van der Waals surface area contributed by atoms with Gasteiger partial charge in [0.25, 0.3) is 0 Å². The van der Waals surface area contributed by atoms with Crippen LogP contribution >= 0.6 is 0 Å². The molecule has 3 aliphatic heterocycles. The molecule has 3 heterocycles. The topological polar surface area (TPSA) is 90.4 Å². The van der Waals surface area contributed by atoms with Crippen LogP contribution in [0.15, 0.2) is 55.6 Å². The van der Waals surface area contributed by atoms with Crippen molar-refractivity contribution in [2.75, 3.05) is 19.7 Å². The van der Waals surface area contributed by atoms with Crippen molar-refractivity contribution in [1.29, 1.82) is 0 Å². The Labute approximate surface area is 245 Å². The molecule has 41 heavy (non-hydrogen) atoms. The molecule has 3 aliphatic rings. The van der Waals surface area contributed by atoms with Crippen molar-refractivity contribution in [1.82, 2.24) is 14.7 Å². The van der Waals surface area contributed by atoms with Crippen LogP contribution in [0, 0.1) is 17.8 Å². The lowest BCUT2D eigenvalue weighted by atomic mass is 9.70. The van der Waals surface area contributed by atoms with E-state index in [2.05, 4.69) is 20.1 Å². The van der Waals surface area contributed by atoms with Gasteiger partial charge in [0, 0.05) is 25.7 Å². The van der Waals surface area contributed by atoms with Gasteiger partial charge in [-0.15, -0.1) is 13.2 Å². The molecule has 0 aromatic heterocycles. The summed E-state index contributed by atoms with van der Waals surface area (Å²) in [4.78, 5) is 48.4. The third kappa shape index (κ3) is 5.48. The molecule has 0 saturated carbocycles. The molecule has 1 spiro atoms. The molecule has 3 amide bonds. The van der Waals surface area contributed by atoms with Crippen LogP contribution in [0.5, 0.6) is 0 Å². The number of aliphatic hydroxyl groups is 1. The second-order valence-electron chi connectivity index (χ2n) is 12.2. The second kappa shape index (κ2) is 12.9. The number of nitrogens with zero attached hydrogens (tertiary/aromatic N) is 3. The highest BCUT2D eigenvalue weighted by molar-refractivity contribution is 5.99. The smallest absolute Gasteiger partial charge is 0.248 e. The summed E-state index contributed by atoms with van der Waals surface area (Å²) in [5, 5.41) is 10.5. The van der Waals surface area contributed by atoms with Crippen molar-refractivity contribution in [2.45, 2.75) is 89.8 Å². The van der Waals surface area contributed by atoms with Crippen LogP contribution in [0.3, 0.4) is 0 Å². The zero-order chi connectivity index (χ0) is 29.9. The van der Waals surface area contributed by atoms with Gasteiger partial charge in [0.05, 0.1) is 30.6 Å². The molecule has 0 radical (unpaired) electrons. The quantitative estimate of drug-likeness (QED) is 0.347. The number of aliphatic hydroxyl groups excluding tert-OH is 1. The number of carbonyl (C=O) groups is 3. The minimum absolute atomic E-state index is 0.0606. The number of hydrogen-bond donors (Lipinski definition) is 1. The van der Waals surface area contributed by atoms with Crippen LogP contribution in [0.2, 0.25) is 0 Å². The maximum absolute atomic E-state index is 14.5. The number of amides is 3. The summed E-state index contributed by atoms with van der Waals surface area (Å²) in [6.45, 7) is 16.5. The van der Waals surface area contributed by atoms with Crippen molar-refractivity contribution in [3.8, 4) is 0 Å². The van der Waals surface area contributed by atoms with E-state index >= 15 is 0 Å². The molecule has 4 rings (SSSR count). The van der Waals surface area contributed by atoms with Crippen molar-refractivity contribution in [3.05, 3.63) is 61.2 Å². The number of fused-ring (bicyclic) bond motifs is 1. The molecular formula is C33H47N3O5. The van der Waals surface area contributed by atoms with Crippen LogP contribution in [0.1, 0.15) is 58.9 Å². The average molecular weight is 566 g/mol. The first-order valence-electron chi connectivity index (χ1n) is 15.1. The summed E-state index contributed by atoms with van der Waals surface area (Å²) in [7, 11) is 0. The number of hydrogen-bond acceptors (Lipinski definition) is 5. The highest BCUT2D eigenvalue weighted by Crippen LogP contribution is 2.59. The van der Waals surface area contributed by atoms with E-state index in [0.29, 0.717) is 32.5 Å². The third-order valence-corrected chi connectivity index (χ3v) is 9.30. The molecular weight excluding hydrogens is 518 g/mol. The van der Waals surface area contributed by atoms with Gasteiger partial charge in [-0.2, -0.15) is 0 Å². The summed E-state index contributed by atoms with van der Waals surface area (Å²) >= 11 is 0. The molecule has 1 aromatic carbocycles. The molecule has 1 aromatic rings. The van der Waals surface area contributed by atoms with Gasteiger partial charge in [0.2, 0.25) is 17.7 Å². The van der Waals surface area contributed by atoms with Gasteiger partial charge < -0.3 is 24.5 Å². The van der Waals surface area contributed by atoms with Crippen molar-refractivity contribution in [2.24, 2.45) is 17.8 Å². The van der Waals surface area contributed by atoms with Gasteiger partial charge in [-0.3, -0.25) is 14.4 Å². The fourth-order valence-electron chi connectivity index (χ4n) is 7.39. The highest BCUT2D eigenvalue weighted by atomic mass is 16.5. The molecule has 3 unspecified atom stereocenters. The minimum Gasteiger partial charge on any atom is -0.394 e. The van der Waals surface area contributed by atoms with Gasteiger partial charge in [-0.25, -0.2) is 0 Å². The van der Waals surface area contributed by atoms with Crippen LogP contribution < -0.4 is 0 Å². The Morgan fingerprint density at radius 2 is 1.83 bits per heavy atom. The van der Waals surface area contributed by atoms with E-state index in [0.717, 1.165) is 18.4 Å². The summed E-state index contributed by atoms with van der Waals surface area (Å²) in [5.74, 6) is -2.20. The SMILES string of the molecule is C=CCN(Cc1ccccc1)C(=O)[C@@H]1[C@H]2C(=O)N([C@@H](CO)C(C)C)C(C(=O)N(CC=C)C(C)CCC)C23CC[C@H]1O3. The monoisotopic (exact) mass is 565 g/mol. The van der Waals surface area contributed by atoms with Gasteiger partial charge in [0.1, 0.15) is 11.6 Å². The molecule has 1 N–H and O–H groups in total. The Morgan fingerprint density at radius 1 is 1.15 bits per heavy atom. The summed E-state index contributed by atoms with van der Waals surface area (Å²) < 4.78 is 6.68. The first-order valence-corrected chi connectivity index (χ1v) is 15.1. The van der Waals surface area contributed by atoms with E-state index in [1.807, 2.05) is 51.1 Å². The molecule has 7 atom stereocenters. The number of ether oxygens (including phenoxy) is 1. The highest BCUT2D eigenvalue weighted by Gasteiger charge is 2.75. The number of carbonyl (C=O) groups excluding carboxylic acids is 3. The standard InChI is InChI=1S/C33H47N3O5/c1-7-13-23(6)35(19-9-3)32(40)29-33-17-16-26(41-33)27(28(33)31(39)36(29)25(21-37)22(4)5)30(38)34(18-8-2)20-24-14-11-10-12-15-24/h8-12,14-15,22-23,25-29,37H,2-3,7,13,16-21H2,1,4-6H3/t23?,25-,26+,27-,28-,29?,33?/m0/s1. The molecule has 3 fully saturated rings. The summed E-state index contributed by atoms with van der Waals surface area (Å²) in [5.41, 5.74) is -0.126. The zero-order valence-corrected chi connectivity index (χ0v) is 25.1. The van der Waals surface area contributed by atoms with E-state index in [1.54, 1.807) is 26.9 Å². The number of benzene rings is 1. The lowest BCUT2D eigenvalue weighted by molar-refractivity contribution is -0.154. The molecule has 0 aliphatic carbocycles. The fourth-order valence-corrected chi connectivity index (χ4v) is 7.39. The molecule has 3 saturated heterocycles. The van der Waals surface area contributed by atoms with Crippen molar-refractivity contribution in [3.63, 3.8) is 0 Å². The van der Waals surface area contributed by atoms with Crippen molar-refractivity contribution >= 4 is 17.7 Å². The zero-order valence-electron chi connectivity index (χ0n) is 25.1. The van der Waals surface area contributed by atoms with Gasteiger partial charge in [-0.1, -0.05) is 69.7 Å². The summed E-state index contributed by atoms with van der Waals surface area (Å²) in [6.07, 6.45) is 5.80. The Hall–Kier alpha value is -2.97. The first-order chi connectivity index (χ1) is 19.7. The lowest BCUT2D eigenvalue weighted by Gasteiger charge is -2.41. The van der Waals surface area contributed by atoms with Crippen LogP contribution in [0.25, 0.3) is 0 Å². The normalized spacial score (nSPS) is 28.0. The largest absolute Gasteiger partial charge is 0.394 e. The predicted molar refractivity (Wildman–Crippen MR) is 158 cm³/mol. The minimum atomic E-state index is -1.11. The maximum atomic E-state index is 14.5. The Kier molecular flexibility index (Phi) is 9.75. The second-order valence-corrected chi connectivity index (χ2v) is 12.2. The predicted octanol–water partition coefficient (Wildman–Crippen LogP) is 3.80. The van der Waals surface area contributed by atoms with Crippen LogP contribution in [0.4, 0.5) is 0 Å². The number of rotatable bonds is 14. The first kappa shape index (κ1) is 31.0. The molecule has 8 heteroatoms. The fraction of sp³-hybridized carbons (Fsp3) is 0.606. The van der Waals surface area contributed by atoms with E-state index < -0.39 is 35.6 Å².